The first-order valence-corrected chi connectivity index (χ1v) is 7.01. The van der Waals surface area contributed by atoms with Crippen molar-refractivity contribution in [1.29, 1.82) is 0 Å². The Morgan fingerprint density at radius 2 is 1.85 bits per heavy atom. The fraction of sp³-hybridized carbons (Fsp3) is 0.769. The zero-order valence-electron chi connectivity index (χ0n) is 12.4. The van der Waals surface area contributed by atoms with Gasteiger partial charge in [-0.3, -0.25) is 9.69 Å². The van der Waals surface area contributed by atoms with E-state index in [1.807, 2.05) is 0 Å². The Morgan fingerprint density at radius 1 is 1.20 bits per heavy atom. The van der Waals surface area contributed by atoms with Crippen LogP contribution in [0.15, 0.2) is 0 Å². The molecule has 0 aromatic carbocycles. The van der Waals surface area contributed by atoms with E-state index in [4.69, 9.17) is 9.47 Å². The highest BCUT2D eigenvalue weighted by molar-refractivity contribution is 5.82. The predicted octanol–water partition coefficient (Wildman–Crippen LogP) is 1.37. The molecule has 1 rings (SSSR count). The standard InChI is InChI=1S/C13H23N2O5/c1-4-15(13(18)20-6-3)10-9-14(12(15)17)8-7-11(16)19-5-2/h4-10H2,1-3H3/q+1. The second-order valence-corrected chi connectivity index (χ2v) is 4.53. The molecule has 0 spiro atoms. The van der Waals surface area contributed by atoms with Crippen LogP contribution in [0, 0.1) is 0 Å². The molecule has 0 aromatic heterocycles. The molecule has 3 amide bonds. The number of rotatable bonds is 6. The molecule has 0 saturated carbocycles. The van der Waals surface area contributed by atoms with Crippen LogP contribution in [0.25, 0.3) is 0 Å². The van der Waals surface area contributed by atoms with Crippen molar-refractivity contribution in [2.24, 2.45) is 0 Å². The van der Waals surface area contributed by atoms with E-state index in [9.17, 15) is 14.4 Å². The lowest BCUT2D eigenvalue weighted by Gasteiger charge is -2.25. The molecule has 7 heteroatoms. The minimum absolute atomic E-state index is 0.145. The summed E-state index contributed by atoms with van der Waals surface area (Å²) < 4.78 is 9.50. The molecule has 1 aliphatic rings. The lowest BCUT2D eigenvalue weighted by Crippen LogP contribution is -2.55. The largest absolute Gasteiger partial charge is 0.525 e. The molecule has 0 aliphatic carbocycles. The van der Waals surface area contributed by atoms with Crippen LogP contribution in [0.5, 0.6) is 0 Å². The number of carbonyl (C=O) groups excluding carboxylic acids is 3. The third-order valence-corrected chi connectivity index (χ3v) is 3.44. The minimum Gasteiger partial charge on any atom is -0.466 e. The van der Waals surface area contributed by atoms with Gasteiger partial charge in [-0.05, 0) is 20.8 Å². The molecule has 0 N–H and O–H groups in total. The smallest absolute Gasteiger partial charge is 0.466 e. The van der Waals surface area contributed by atoms with E-state index in [2.05, 4.69) is 0 Å². The van der Waals surface area contributed by atoms with Crippen LogP contribution in [0.3, 0.4) is 0 Å². The number of nitrogens with zero attached hydrogens (tertiary/aromatic N) is 2. The summed E-state index contributed by atoms with van der Waals surface area (Å²) in [6, 6.07) is -0.296. The Hall–Kier alpha value is -1.63. The summed E-state index contributed by atoms with van der Waals surface area (Å²) in [7, 11) is 0. The Kier molecular flexibility index (Phi) is 5.94. The minimum atomic E-state index is -0.515. The van der Waals surface area contributed by atoms with E-state index in [1.165, 1.54) is 4.90 Å². The molecule has 0 bridgehead atoms. The Morgan fingerprint density at radius 3 is 2.40 bits per heavy atom. The van der Waals surface area contributed by atoms with Crippen LogP contribution in [-0.4, -0.2) is 66.9 Å². The summed E-state index contributed by atoms with van der Waals surface area (Å²) in [5.41, 5.74) is 0. The second-order valence-electron chi connectivity index (χ2n) is 4.53. The molecule has 1 fully saturated rings. The number of quaternary nitrogens is 1. The number of likely N-dealkylation sites (N-methyl/N-ethyl adjacent to an activating group) is 1. The van der Waals surface area contributed by atoms with E-state index in [0.717, 1.165) is 0 Å². The van der Waals surface area contributed by atoms with Crippen LogP contribution < -0.4 is 0 Å². The second kappa shape index (κ2) is 7.23. The molecule has 1 aliphatic heterocycles. The van der Waals surface area contributed by atoms with E-state index >= 15 is 0 Å². The fourth-order valence-electron chi connectivity index (χ4n) is 2.26. The maximum atomic E-state index is 12.4. The van der Waals surface area contributed by atoms with Gasteiger partial charge in [-0.2, -0.15) is 4.79 Å². The highest BCUT2D eigenvalue weighted by Crippen LogP contribution is 2.21. The fourth-order valence-corrected chi connectivity index (χ4v) is 2.26. The molecule has 7 nitrogen and oxygen atoms in total. The third-order valence-electron chi connectivity index (χ3n) is 3.44. The van der Waals surface area contributed by atoms with Crippen molar-refractivity contribution in [3.8, 4) is 0 Å². The highest BCUT2D eigenvalue weighted by Gasteiger charge is 2.53. The van der Waals surface area contributed by atoms with Gasteiger partial charge in [0.2, 0.25) is 0 Å². The molecule has 114 valence electrons. The maximum Gasteiger partial charge on any atom is 0.525 e. The van der Waals surface area contributed by atoms with Gasteiger partial charge in [-0.25, -0.2) is 4.79 Å². The van der Waals surface area contributed by atoms with E-state index in [-0.39, 0.29) is 36.1 Å². The quantitative estimate of drug-likeness (QED) is 0.545. The van der Waals surface area contributed by atoms with Crippen LogP contribution >= 0.6 is 0 Å². The van der Waals surface area contributed by atoms with Crippen LogP contribution in [0.2, 0.25) is 0 Å². The number of urea groups is 1. The van der Waals surface area contributed by atoms with Crippen LogP contribution in [-0.2, 0) is 14.3 Å². The number of hydrogen-bond acceptors (Lipinski definition) is 5. The van der Waals surface area contributed by atoms with Crippen molar-refractivity contribution >= 4 is 18.1 Å². The molecule has 1 heterocycles. The van der Waals surface area contributed by atoms with Gasteiger partial charge in [0, 0.05) is 6.54 Å². The summed E-state index contributed by atoms with van der Waals surface area (Å²) in [4.78, 5) is 37.2. The van der Waals surface area contributed by atoms with Gasteiger partial charge < -0.3 is 9.47 Å². The molecular weight excluding hydrogens is 264 g/mol. The first kappa shape index (κ1) is 16.4. The van der Waals surface area contributed by atoms with Gasteiger partial charge in [0.25, 0.3) is 0 Å². The SMILES string of the molecule is CCOC(=O)CCN1CC[N+](CC)(C(=O)OCC)C1=O. The molecular formula is C13H23N2O5+. The van der Waals surface area contributed by atoms with Crippen LogP contribution in [0.4, 0.5) is 9.59 Å². The van der Waals surface area contributed by atoms with Gasteiger partial charge in [0.05, 0.1) is 32.7 Å². The van der Waals surface area contributed by atoms with Crippen molar-refractivity contribution < 1.29 is 28.3 Å². The lowest BCUT2D eigenvalue weighted by atomic mass is 10.4. The summed E-state index contributed by atoms with van der Waals surface area (Å²) in [5, 5.41) is 0. The molecule has 20 heavy (non-hydrogen) atoms. The van der Waals surface area contributed by atoms with Gasteiger partial charge in [0.1, 0.15) is 6.54 Å². The number of amides is 3. The number of ether oxygens (including phenoxy) is 2. The van der Waals surface area contributed by atoms with E-state index < -0.39 is 6.09 Å². The molecule has 0 aromatic rings. The average molecular weight is 287 g/mol. The molecule has 1 atom stereocenters. The maximum absolute atomic E-state index is 12.4. The summed E-state index contributed by atoms with van der Waals surface area (Å²) >= 11 is 0. The lowest BCUT2D eigenvalue weighted by molar-refractivity contribution is -0.765. The summed E-state index contributed by atoms with van der Waals surface area (Å²) in [5.74, 6) is -0.335. The number of esters is 1. The Bertz CT molecular complexity index is 385. The number of hydrogen-bond donors (Lipinski definition) is 0. The van der Waals surface area contributed by atoms with E-state index in [0.29, 0.717) is 26.2 Å². The predicted molar refractivity (Wildman–Crippen MR) is 70.9 cm³/mol. The average Bonchev–Trinajstić information content (AvgIpc) is 2.75. The van der Waals surface area contributed by atoms with Gasteiger partial charge in [-0.15, -0.1) is 4.48 Å². The van der Waals surface area contributed by atoms with Gasteiger partial charge >= 0.3 is 18.1 Å². The zero-order valence-corrected chi connectivity index (χ0v) is 12.4. The number of imide groups is 1. The van der Waals surface area contributed by atoms with Crippen LogP contribution in [0.1, 0.15) is 27.2 Å². The summed E-state index contributed by atoms with van der Waals surface area (Å²) in [6.07, 6.45) is -0.370. The van der Waals surface area contributed by atoms with Crippen molar-refractivity contribution in [2.75, 3.05) is 39.4 Å². The Labute approximate surface area is 119 Å². The van der Waals surface area contributed by atoms with Crippen molar-refractivity contribution in [3.63, 3.8) is 0 Å². The summed E-state index contributed by atoms with van der Waals surface area (Å²) in [6.45, 7) is 7.26. The Balaban J connectivity index is 2.65. The van der Waals surface area contributed by atoms with E-state index in [1.54, 1.807) is 20.8 Å². The third kappa shape index (κ3) is 3.27. The first-order chi connectivity index (χ1) is 9.51. The van der Waals surface area contributed by atoms with Crippen molar-refractivity contribution in [3.05, 3.63) is 0 Å². The van der Waals surface area contributed by atoms with Crippen molar-refractivity contribution in [1.82, 2.24) is 4.90 Å². The molecule has 0 radical (unpaired) electrons. The van der Waals surface area contributed by atoms with Gasteiger partial charge in [-0.1, -0.05) is 0 Å². The molecule has 1 saturated heterocycles. The monoisotopic (exact) mass is 287 g/mol. The highest BCUT2D eigenvalue weighted by atomic mass is 16.6. The number of carbonyl (C=O) groups is 3. The zero-order chi connectivity index (χ0) is 15.2. The van der Waals surface area contributed by atoms with Crippen molar-refractivity contribution in [2.45, 2.75) is 27.2 Å². The van der Waals surface area contributed by atoms with Gasteiger partial charge in [0.15, 0.2) is 0 Å². The topological polar surface area (TPSA) is 72.9 Å². The molecule has 1 unspecified atom stereocenters. The normalized spacial score (nSPS) is 21.9. The first-order valence-electron chi connectivity index (χ1n) is 7.01.